The first-order chi connectivity index (χ1) is 18.2. The van der Waals surface area contributed by atoms with Crippen molar-refractivity contribution in [3.63, 3.8) is 0 Å². The molecule has 1 N–H and O–H groups in total. The van der Waals surface area contributed by atoms with E-state index in [-0.39, 0.29) is 5.56 Å². The fourth-order valence-electron chi connectivity index (χ4n) is 5.39. The fraction of sp³-hybridized carbons (Fsp3) is 0.387. The summed E-state index contributed by atoms with van der Waals surface area (Å²) < 4.78 is 13.6. The number of furan rings is 1. The third kappa shape index (κ3) is 4.30. The molecule has 0 atom stereocenters. The fourth-order valence-corrected chi connectivity index (χ4v) is 5.39. The highest BCUT2D eigenvalue weighted by Crippen LogP contribution is 2.44. The van der Waals surface area contributed by atoms with E-state index >= 15 is 0 Å². The summed E-state index contributed by atoms with van der Waals surface area (Å²) in [5.41, 5.74) is 2.85. The first-order valence-corrected chi connectivity index (χ1v) is 13.4. The molecule has 2 fully saturated rings. The smallest absolute Gasteiger partial charge is 0.408 e. The van der Waals surface area contributed by atoms with Crippen LogP contribution in [0.25, 0.3) is 33.6 Å². The number of alkyl carbamates (subject to hydrolysis) is 1. The number of nitrogens with one attached hydrogen (secondary N) is 1. The van der Waals surface area contributed by atoms with Gasteiger partial charge in [-0.2, -0.15) is 4.98 Å². The van der Waals surface area contributed by atoms with Crippen molar-refractivity contribution in [1.29, 1.82) is 0 Å². The molecule has 7 nitrogen and oxygen atoms in total. The molecule has 196 valence electrons. The van der Waals surface area contributed by atoms with Gasteiger partial charge in [0.2, 0.25) is 5.71 Å². The molecule has 0 saturated heterocycles. The molecule has 0 bridgehead atoms. The Morgan fingerprint density at radius 1 is 1.05 bits per heavy atom. The summed E-state index contributed by atoms with van der Waals surface area (Å²) in [5.74, 6) is 1.73. The van der Waals surface area contributed by atoms with Crippen LogP contribution in [0.5, 0.6) is 0 Å². The van der Waals surface area contributed by atoms with Crippen LogP contribution in [0.2, 0.25) is 0 Å². The predicted octanol–water partition coefficient (Wildman–Crippen LogP) is 6.64. The van der Waals surface area contributed by atoms with Crippen molar-refractivity contribution in [3.8, 4) is 22.5 Å². The SMILES string of the molecule is Cn1c(C2CC2)nc2oc(-c3ccc(C4(NC(=O)OC(C)(C)C)CCC4)cc3)c(-c3ccccc3)c2c1=O. The average molecular weight is 512 g/mol. The van der Waals surface area contributed by atoms with Crippen LogP contribution in [0, 0.1) is 0 Å². The second-order valence-corrected chi connectivity index (χ2v) is 11.6. The lowest BCUT2D eigenvalue weighted by Crippen LogP contribution is -2.52. The van der Waals surface area contributed by atoms with Gasteiger partial charge in [0, 0.05) is 24.1 Å². The van der Waals surface area contributed by atoms with Gasteiger partial charge in [0.05, 0.1) is 5.54 Å². The van der Waals surface area contributed by atoms with Gasteiger partial charge < -0.3 is 14.5 Å². The maximum absolute atomic E-state index is 13.6. The standard InChI is InChI=1S/C31H33N3O4/c1-30(2,3)38-29(36)33-31(17-8-18-31)22-15-13-20(14-16-22)25-23(19-9-6-5-7-10-19)24-27(37-25)32-26(21-11-12-21)34(4)28(24)35/h5-7,9-10,13-16,21H,8,11-12,17-18H2,1-4H3,(H,33,36). The van der Waals surface area contributed by atoms with Gasteiger partial charge in [-0.15, -0.1) is 0 Å². The number of benzene rings is 2. The van der Waals surface area contributed by atoms with E-state index in [1.165, 1.54) is 0 Å². The van der Waals surface area contributed by atoms with Crippen molar-refractivity contribution in [3.05, 3.63) is 76.3 Å². The van der Waals surface area contributed by atoms with Crippen molar-refractivity contribution < 1.29 is 13.9 Å². The molecule has 0 unspecified atom stereocenters. The second-order valence-electron chi connectivity index (χ2n) is 11.6. The van der Waals surface area contributed by atoms with E-state index in [0.29, 0.717) is 22.8 Å². The molecule has 7 heteroatoms. The zero-order valence-electron chi connectivity index (χ0n) is 22.3. The minimum Gasteiger partial charge on any atom is -0.444 e. The maximum atomic E-state index is 13.6. The van der Waals surface area contributed by atoms with Gasteiger partial charge in [-0.05, 0) is 64.0 Å². The van der Waals surface area contributed by atoms with Gasteiger partial charge in [0.1, 0.15) is 22.6 Å². The van der Waals surface area contributed by atoms with Gasteiger partial charge in [-0.1, -0.05) is 54.6 Å². The molecule has 2 aromatic heterocycles. The summed E-state index contributed by atoms with van der Waals surface area (Å²) in [6.45, 7) is 5.59. The van der Waals surface area contributed by atoms with E-state index < -0.39 is 17.2 Å². The number of fused-ring (bicyclic) bond motifs is 1. The zero-order valence-corrected chi connectivity index (χ0v) is 22.3. The Labute approximate surface area is 221 Å². The molecule has 4 aromatic rings. The quantitative estimate of drug-likeness (QED) is 0.324. The molecule has 2 heterocycles. The van der Waals surface area contributed by atoms with Crippen molar-refractivity contribution in [2.24, 2.45) is 7.05 Å². The number of carbonyl (C=O) groups excluding carboxylic acids is 1. The Morgan fingerprint density at radius 2 is 1.74 bits per heavy atom. The molecule has 38 heavy (non-hydrogen) atoms. The monoisotopic (exact) mass is 511 g/mol. The molecule has 2 aliphatic rings. The number of hydrogen-bond acceptors (Lipinski definition) is 5. The Bertz CT molecular complexity index is 1570. The van der Waals surface area contributed by atoms with Gasteiger partial charge in [0.25, 0.3) is 5.56 Å². The Hall–Kier alpha value is -3.87. The Kier molecular flexibility index (Phi) is 5.70. The summed E-state index contributed by atoms with van der Waals surface area (Å²) in [6, 6.07) is 17.9. The lowest BCUT2D eigenvalue weighted by atomic mass is 9.71. The minimum atomic E-state index is -0.557. The summed E-state index contributed by atoms with van der Waals surface area (Å²) in [7, 11) is 1.80. The number of aromatic nitrogens is 2. The molecule has 2 aromatic carbocycles. The van der Waals surface area contributed by atoms with E-state index in [9.17, 15) is 9.59 Å². The number of nitrogens with zero attached hydrogens (tertiary/aromatic N) is 2. The normalized spacial score (nSPS) is 16.7. The highest BCUT2D eigenvalue weighted by molar-refractivity contribution is 6.00. The van der Waals surface area contributed by atoms with E-state index in [2.05, 4.69) is 5.32 Å². The van der Waals surface area contributed by atoms with Crippen LogP contribution in [-0.2, 0) is 17.3 Å². The summed E-state index contributed by atoms with van der Waals surface area (Å²) in [4.78, 5) is 31.0. The number of hydrogen-bond donors (Lipinski definition) is 1. The summed E-state index contributed by atoms with van der Waals surface area (Å²) in [5, 5.41) is 3.62. The first-order valence-electron chi connectivity index (χ1n) is 13.4. The number of ether oxygens (including phenoxy) is 1. The molecule has 0 radical (unpaired) electrons. The van der Waals surface area contributed by atoms with Gasteiger partial charge in [0.15, 0.2) is 0 Å². The van der Waals surface area contributed by atoms with Crippen molar-refractivity contribution in [2.75, 3.05) is 0 Å². The Balaban J connectivity index is 1.42. The largest absolute Gasteiger partial charge is 0.444 e. The molecule has 1 amide bonds. The van der Waals surface area contributed by atoms with Crippen molar-refractivity contribution in [1.82, 2.24) is 14.9 Å². The van der Waals surface area contributed by atoms with Crippen LogP contribution in [0.3, 0.4) is 0 Å². The lowest BCUT2D eigenvalue weighted by molar-refractivity contribution is 0.0377. The highest BCUT2D eigenvalue weighted by atomic mass is 16.6. The van der Waals surface area contributed by atoms with Gasteiger partial charge >= 0.3 is 6.09 Å². The first kappa shape index (κ1) is 24.5. The molecular formula is C31H33N3O4. The molecule has 0 aliphatic heterocycles. The van der Waals surface area contributed by atoms with Crippen LogP contribution < -0.4 is 10.9 Å². The van der Waals surface area contributed by atoms with Crippen molar-refractivity contribution in [2.45, 2.75) is 69.9 Å². The molecule has 2 saturated carbocycles. The number of rotatable bonds is 5. The van der Waals surface area contributed by atoms with E-state index in [1.54, 1.807) is 11.6 Å². The van der Waals surface area contributed by atoms with Crippen LogP contribution in [0.4, 0.5) is 4.79 Å². The number of amides is 1. The zero-order chi connectivity index (χ0) is 26.7. The van der Waals surface area contributed by atoms with Gasteiger partial charge in [-0.3, -0.25) is 9.36 Å². The maximum Gasteiger partial charge on any atom is 0.408 e. The summed E-state index contributed by atoms with van der Waals surface area (Å²) >= 11 is 0. The van der Waals surface area contributed by atoms with Crippen molar-refractivity contribution >= 4 is 17.2 Å². The van der Waals surface area contributed by atoms with E-state index in [1.807, 2.05) is 75.4 Å². The third-order valence-electron chi connectivity index (χ3n) is 7.62. The van der Waals surface area contributed by atoms with E-state index in [0.717, 1.165) is 60.2 Å². The van der Waals surface area contributed by atoms with Crippen LogP contribution >= 0.6 is 0 Å². The lowest BCUT2D eigenvalue weighted by Gasteiger charge is -2.43. The molecule has 6 rings (SSSR count). The Morgan fingerprint density at radius 3 is 2.32 bits per heavy atom. The van der Waals surface area contributed by atoms with Crippen LogP contribution in [0.15, 0.2) is 63.8 Å². The van der Waals surface area contributed by atoms with E-state index in [4.69, 9.17) is 14.1 Å². The predicted molar refractivity (Wildman–Crippen MR) is 147 cm³/mol. The third-order valence-corrected chi connectivity index (χ3v) is 7.62. The highest BCUT2D eigenvalue weighted by Gasteiger charge is 2.41. The molecule has 2 aliphatic carbocycles. The second kappa shape index (κ2) is 8.86. The number of carbonyl (C=O) groups is 1. The molecular weight excluding hydrogens is 478 g/mol. The minimum absolute atomic E-state index is 0.0858. The topological polar surface area (TPSA) is 86.4 Å². The average Bonchev–Trinajstić information content (AvgIpc) is 3.63. The molecule has 0 spiro atoms. The van der Waals surface area contributed by atoms with Crippen LogP contribution in [-0.4, -0.2) is 21.2 Å². The van der Waals surface area contributed by atoms with Crippen LogP contribution in [0.1, 0.15) is 70.2 Å². The summed E-state index contributed by atoms with van der Waals surface area (Å²) in [6.07, 6.45) is 4.44. The van der Waals surface area contributed by atoms with Gasteiger partial charge in [-0.25, -0.2) is 4.79 Å².